The third kappa shape index (κ3) is 6.60. The maximum atomic E-state index is 11.6. The molecule has 0 fully saturated rings. The summed E-state index contributed by atoms with van der Waals surface area (Å²) in [7, 11) is 0. The lowest BCUT2D eigenvalue weighted by molar-refractivity contribution is -0.140. The molecule has 1 rings (SSSR count). The standard InChI is InChI=1S/C14H20N2O5/c1-9-6-5-7-11(15-9)20-8-10(12(17)18)16-13(19)21-14(2,3)4/h5-7,10H,8H2,1-4H3,(H,16,19)(H,17,18)/t10-/m1/s1. The summed E-state index contributed by atoms with van der Waals surface area (Å²) in [5.41, 5.74) is 0.0472. The van der Waals surface area contributed by atoms with E-state index in [1.807, 2.05) is 0 Å². The SMILES string of the molecule is Cc1cccc(OC[C@@H](NC(=O)OC(C)(C)C)C(=O)O)n1. The number of nitrogens with one attached hydrogen (secondary N) is 1. The van der Waals surface area contributed by atoms with Gasteiger partial charge in [-0.3, -0.25) is 0 Å². The number of rotatable bonds is 5. The van der Waals surface area contributed by atoms with Gasteiger partial charge in [-0.2, -0.15) is 0 Å². The number of hydrogen-bond acceptors (Lipinski definition) is 5. The molecule has 0 aliphatic carbocycles. The van der Waals surface area contributed by atoms with E-state index < -0.39 is 23.7 Å². The fourth-order valence-electron chi connectivity index (χ4n) is 1.39. The minimum Gasteiger partial charge on any atom is -0.480 e. The van der Waals surface area contributed by atoms with Crippen molar-refractivity contribution < 1.29 is 24.2 Å². The lowest BCUT2D eigenvalue weighted by atomic mass is 10.2. The number of carboxylic acid groups (broad SMARTS) is 1. The molecule has 1 amide bonds. The van der Waals surface area contributed by atoms with Crippen molar-refractivity contribution in [1.82, 2.24) is 10.3 Å². The predicted octanol–water partition coefficient (Wildman–Crippen LogP) is 1.75. The molecule has 1 aromatic heterocycles. The van der Waals surface area contributed by atoms with E-state index in [2.05, 4.69) is 10.3 Å². The van der Waals surface area contributed by atoms with Gasteiger partial charge in [-0.1, -0.05) is 6.07 Å². The number of amides is 1. The zero-order valence-electron chi connectivity index (χ0n) is 12.5. The molecule has 2 N–H and O–H groups in total. The van der Waals surface area contributed by atoms with Crippen molar-refractivity contribution in [2.45, 2.75) is 39.3 Å². The third-order valence-corrected chi connectivity index (χ3v) is 2.25. The molecule has 7 nitrogen and oxygen atoms in total. The van der Waals surface area contributed by atoms with Gasteiger partial charge in [0.1, 0.15) is 12.2 Å². The number of carboxylic acids is 1. The predicted molar refractivity (Wildman–Crippen MR) is 75.3 cm³/mol. The van der Waals surface area contributed by atoms with E-state index in [1.165, 1.54) is 0 Å². The highest BCUT2D eigenvalue weighted by Gasteiger charge is 2.24. The van der Waals surface area contributed by atoms with Gasteiger partial charge in [0, 0.05) is 11.8 Å². The Morgan fingerprint density at radius 3 is 2.57 bits per heavy atom. The molecule has 0 aliphatic rings. The molecule has 116 valence electrons. The summed E-state index contributed by atoms with van der Waals surface area (Å²) < 4.78 is 10.3. The minimum atomic E-state index is -1.22. The molecule has 0 bridgehead atoms. The van der Waals surface area contributed by atoms with E-state index in [0.29, 0.717) is 5.88 Å². The molecular formula is C14H20N2O5. The normalized spacial score (nSPS) is 12.4. The number of alkyl carbamates (subject to hydrolysis) is 1. The molecule has 0 unspecified atom stereocenters. The first kappa shape index (κ1) is 16.7. The Bertz CT molecular complexity index is 510. The number of pyridine rings is 1. The van der Waals surface area contributed by atoms with E-state index >= 15 is 0 Å². The van der Waals surface area contributed by atoms with Crippen LogP contribution in [0.2, 0.25) is 0 Å². The summed E-state index contributed by atoms with van der Waals surface area (Å²) in [4.78, 5) is 26.8. The number of aryl methyl sites for hydroxylation is 1. The number of aliphatic carboxylic acids is 1. The van der Waals surface area contributed by atoms with E-state index in [1.54, 1.807) is 45.9 Å². The highest BCUT2D eigenvalue weighted by molar-refractivity contribution is 5.80. The molecule has 21 heavy (non-hydrogen) atoms. The van der Waals surface area contributed by atoms with Crippen LogP contribution in [0, 0.1) is 6.92 Å². The van der Waals surface area contributed by atoms with Crippen LogP contribution in [0.25, 0.3) is 0 Å². The molecule has 0 aromatic carbocycles. The number of carbonyl (C=O) groups is 2. The molecule has 0 aliphatic heterocycles. The second kappa shape index (κ2) is 6.92. The van der Waals surface area contributed by atoms with Crippen LogP contribution in [-0.4, -0.2) is 40.4 Å². The lowest BCUT2D eigenvalue weighted by Gasteiger charge is -2.22. The average Bonchev–Trinajstić information content (AvgIpc) is 2.32. The van der Waals surface area contributed by atoms with Gasteiger partial charge < -0.3 is 19.9 Å². The Kier molecular flexibility index (Phi) is 5.52. The van der Waals surface area contributed by atoms with E-state index in [-0.39, 0.29) is 6.61 Å². The van der Waals surface area contributed by atoms with Crippen LogP contribution in [0.1, 0.15) is 26.5 Å². The molecular weight excluding hydrogens is 276 g/mol. The summed E-state index contributed by atoms with van der Waals surface area (Å²) in [5, 5.41) is 11.3. The number of carbonyl (C=O) groups excluding carboxylic acids is 1. The summed E-state index contributed by atoms with van der Waals surface area (Å²) in [6.45, 7) is 6.62. The minimum absolute atomic E-state index is 0.245. The van der Waals surface area contributed by atoms with Gasteiger partial charge in [0.05, 0.1) is 0 Å². The molecule has 1 atom stereocenters. The number of ether oxygens (including phenoxy) is 2. The monoisotopic (exact) mass is 296 g/mol. The van der Waals surface area contributed by atoms with Crippen molar-refractivity contribution in [2.75, 3.05) is 6.61 Å². The summed E-state index contributed by atoms with van der Waals surface area (Å²) in [6.07, 6.45) is -0.810. The molecule has 0 saturated heterocycles. The van der Waals surface area contributed by atoms with Crippen LogP contribution in [0.4, 0.5) is 4.79 Å². The van der Waals surface area contributed by atoms with Crippen LogP contribution < -0.4 is 10.1 Å². The Morgan fingerprint density at radius 2 is 2.05 bits per heavy atom. The molecule has 0 spiro atoms. The van der Waals surface area contributed by atoms with Crippen LogP contribution in [0.15, 0.2) is 18.2 Å². The van der Waals surface area contributed by atoms with Crippen molar-refractivity contribution in [3.05, 3.63) is 23.9 Å². The molecule has 1 aromatic rings. The number of aromatic nitrogens is 1. The Balaban J connectivity index is 2.58. The van der Waals surface area contributed by atoms with Crippen molar-refractivity contribution in [1.29, 1.82) is 0 Å². The van der Waals surface area contributed by atoms with Crippen LogP contribution >= 0.6 is 0 Å². The van der Waals surface area contributed by atoms with Crippen molar-refractivity contribution >= 4 is 12.1 Å². The summed E-state index contributed by atoms with van der Waals surface area (Å²) >= 11 is 0. The first-order valence-electron chi connectivity index (χ1n) is 6.46. The van der Waals surface area contributed by atoms with Gasteiger partial charge in [0.2, 0.25) is 5.88 Å². The van der Waals surface area contributed by atoms with E-state index in [4.69, 9.17) is 14.6 Å². The maximum absolute atomic E-state index is 11.6. The Labute approximate surface area is 123 Å². The second-order valence-corrected chi connectivity index (χ2v) is 5.47. The van der Waals surface area contributed by atoms with Crippen LogP contribution in [0.3, 0.4) is 0 Å². The largest absolute Gasteiger partial charge is 0.480 e. The number of hydrogen-bond donors (Lipinski definition) is 2. The maximum Gasteiger partial charge on any atom is 0.408 e. The molecule has 1 heterocycles. The molecule has 0 saturated carbocycles. The fraction of sp³-hybridized carbons (Fsp3) is 0.500. The van der Waals surface area contributed by atoms with Crippen LogP contribution in [0.5, 0.6) is 5.88 Å². The topological polar surface area (TPSA) is 97.8 Å². The van der Waals surface area contributed by atoms with E-state index in [9.17, 15) is 9.59 Å². The highest BCUT2D eigenvalue weighted by Crippen LogP contribution is 2.09. The van der Waals surface area contributed by atoms with Crippen molar-refractivity contribution in [3.8, 4) is 5.88 Å². The highest BCUT2D eigenvalue weighted by atomic mass is 16.6. The summed E-state index contributed by atoms with van der Waals surface area (Å²) in [5.74, 6) is -0.916. The Hall–Kier alpha value is -2.31. The van der Waals surface area contributed by atoms with Gasteiger partial charge in [-0.15, -0.1) is 0 Å². The molecule has 0 radical (unpaired) electrons. The quantitative estimate of drug-likeness (QED) is 0.859. The lowest BCUT2D eigenvalue weighted by Crippen LogP contribution is -2.46. The van der Waals surface area contributed by atoms with E-state index in [0.717, 1.165) is 5.69 Å². The van der Waals surface area contributed by atoms with Crippen LogP contribution in [-0.2, 0) is 9.53 Å². The second-order valence-electron chi connectivity index (χ2n) is 5.47. The average molecular weight is 296 g/mol. The zero-order valence-corrected chi connectivity index (χ0v) is 12.5. The zero-order chi connectivity index (χ0) is 16.0. The number of nitrogens with zero attached hydrogens (tertiary/aromatic N) is 1. The Morgan fingerprint density at radius 1 is 1.38 bits per heavy atom. The van der Waals surface area contributed by atoms with Crippen molar-refractivity contribution in [2.24, 2.45) is 0 Å². The van der Waals surface area contributed by atoms with Gasteiger partial charge in [-0.05, 0) is 33.8 Å². The molecule has 7 heteroatoms. The first-order chi connectivity index (χ1) is 9.67. The smallest absolute Gasteiger partial charge is 0.408 e. The fourth-order valence-corrected chi connectivity index (χ4v) is 1.39. The van der Waals surface area contributed by atoms with Gasteiger partial charge in [0.15, 0.2) is 6.04 Å². The van der Waals surface area contributed by atoms with Gasteiger partial charge in [-0.25, -0.2) is 14.6 Å². The van der Waals surface area contributed by atoms with Crippen molar-refractivity contribution in [3.63, 3.8) is 0 Å². The van der Waals surface area contributed by atoms with Gasteiger partial charge >= 0.3 is 12.1 Å². The summed E-state index contributed by atoms with van der Waals surface area (Å²) in [6, 6.07) is 3.93. The van der Waals surface area contributed by atoms with Gasteiger partial charge in [0.25, 0.3) is 0 Å². The third-order valence-electron chi connectivity index (χ3n) is 2.25. The first-order valence-corrected chi connectivity index (χ1v) is 6.46.